The summed E-state index contributed by atoms with van der Waals surface area (Å²) in [5, 5.41) is 10.1. The van der Waals surface area contributed by atoms with Crippen molar-refractivity contribution in [3.63, 3.8) is 0 Å². The minimum absolute atomic E-state index is 0.269. The maximum Gasteiger partial charge on any atom is 0.127 e. The maximum atomic E-state index is 10.1. The molecular weight excluding hydrogens is 186 g/mol. The molecule has 0 bridgehead atoms. The summed E-state index contributed by atoms with van der Waals surface area (Å²) in [6.45, 7) is 2.22. The van der Waals surface area contributed by atoms with E-state index in [4.69, 9.17) is 0 Å². The number of nitrogens with zero attached hydrogens (tertiary/aromatic N) is 1. The first-order valence-corrected chi connectivity index (χ1v) is 5.84. The molecule has 2 unspecified atom stereocenters. The lowest BCUT2D eigenvalue weighted by Crippen LogP contribution is -2.47. The summed E-state index contributed by atoms with van der Waals surface area (Å²) in [5.74, 6) is 0. The van der Waals surface area contributed by atoms with E-state index in [1.54, 1.807) is 0 Å². The van der Waals surface area contributed by atoms with Crippen molar-refractivity contribution < 1.29 is 5.11 Å². The molecule has 80 valence electrons. The first kappa shape index (κ1) is 9.22. The minimum atomic E-state index is -0.269. The molecule has 1 aromatic carbocycles. The van der Waals surface area contributed by atoms with E-state index in [1.165, 1.54) is 16.8 Å². The molecule has 2 aliphatic heterocycles. The number of aliphatic hydroxyl groups excluding tert-OH is 1. The van der Waals surface area contributed by atoms with Gasteiger partial charge >= 0.3 is 0 Å². The van der Waals surface area contributed by atoms with E-state index in [0.29, 0.717) is 6.04 Å². The van der Waals surface area contributed by atoms with Gasteiger partial charge in [0.25, 0.3) is 0 Å². The van der Waals surface area contributed by atoms with E-state index in [0.717, 1.165) is 25.7 Å². The molecule has 1 aromatic rings. The Hall–Kier alpha value is -1.02. The summed E-state index contributed by atoms with van der Waals surface area (Å²) in [7, 11) is 0. The summed E-state index contributed by atoms with van der Waals surface area (Å²) in [6.07, 6.45) is 3.95. The van der Waals surface area contributed by atoms with Crippen molar-refractivity contribution in [3.05, 3.63) is 29.3 Å². The smallest absolute Gasteiger partial charge is 0.127 e. The van der Waals surface area contributed by atoms with Crippen molar-refractivity contribution in [1.82, 2.24) is 0 Å². The summed E-state index contributed by atoms with van der Waals surface area (Å²) in [6, 6.07) is 7.04. The van der Waals surface area contributed by atoms with Crippen LogP contribution in [0.15, 0.2) is 18.2 Å². The molecule has 2 heterocycles. The van der Waals surface area contributed by atoms with E-state index in [1.807, 2.05) is 0 Å². The minimum Gasteiger partial charge on any atom is -0.374 e. The molecule has 0 amide bonds. The number of para-hydroxylation sites is 1. The maximum absolute atomic E-state index is 10.1. The van der Waals surface area contributed by atoms with Crippen LogP contribution in [-0.4, -0.2) is 17.4 Å². The van der Waals surface area contributed by atoms with Gasteiger partial charge in [-0.2, -0.15) is 0 Å². The van der Waals surface area contributed by atoms with E-state index >= 15 is 0 Å². The van der Waals surface area contributed by atoms with Crippen LogP contribution in [0.4, 0.5) is 5.69 Å². The molecule has 2 aliphatic rings. The van der Waals surface area contributed by atoms with Gasteiger partial charge in [-0.05, 0) is 43.7 Å². The normalized spacial score (nSPS) is 28.8. The monoisotopic (exact) mass is 203 g/mol. The molecule has 0 aliphatic carbocycles. The zero-order chi connectivity index (χ0) is 10.4. The third-order valence-electron chi connectivity index (χ3n) is 3.76. The Morgan fingerprint density at radius 2 is 1.87 bits per heavy atom. The topological polar surface area (TPSA) is 23.5 Å². The number of anilines is 1. The highest BCUT2D eigenvalue weighted by molar-refractivity contribution is 5.63. The van der Waals surface area contributed by atoms with E-state index in [2.05, 4.69) is 30.0 Å². The predicted octanol–water partition coefficient (Wildman–Crippen LogP) is 2.09. The number of aliphatic hydroxyl groups is 1. The third-order valence-corrected chi connectivity index (χ3v) is 3.76. The van der Waals surface area contributed by atoms with Crippen molar-refractivity contribution in [2.75, 3.05) is 4.90 Å². The van der Waals surface area contributed by atoms with Crippen LogP contribution in [0.5, 0.6) is 0 Å². The second-order valence-electron chi connectivity index (χ2n) is 4.74. The van der Waals surface area contributed by atoms with Crippen LogP contribution in [0.2, 0.25) is 0 Å². The van der Waals surface area contributed by atoms with Crippen molar-refractivity contribution in [1.29, 1.82) is 0 Å². The Bertz CT molecular complexity index is 356. The lowest BCUT2D eigenvalue weighted by atomic mass is 9.88. The van der Waals surface area contributed by atoms with Gasteiger partial charge in [0.15, 0.2) is 0 Å². The van der Waals surface area contributed by atoms with E-state index < -0.39 is 0 Å². The molecule has 15 heavy (non-hydrogen) atoms. The highest BCUT2D eigenvalue weighted by Crippen LogP contribution is 2.39. The SMILES string of the molecule is CC1CCc2cccc3c2N1C(O)CC3. The van der Waals surface area contributed by atoms with Crippen LogP contribution in [0.25, 0.3) is 0 Å². The molecule has 3 rings (SSSR count). The predicted molar refractivity (Wildman–Crippen MR) is 61.0 cm³/mol. The average Bonchev–Trinajstić information content (AvgIpc) is 2.25. The standard InChI is InChI=1S/C13H17NO/c1-9-5-6-10-3-2-4-11-7-8-12(15)14(9)13(10)11/h2-4,9,12,15H,5-8H2,1H3. The Balaban J connectivity index is 2.17. The molecule has 0 fully saturated rings. The Morgan fingerprint density at radius 1 is 1.20 bits per heavy atom. The van der Waals surface area contributed by atoms with Gasteiger partial charge in [-0.1, -0.05) is 18.2 Å². The lowest BCUT2D eigenvalue weighted by molar-refractivity contribution is 0.140. The van der Waals surface area contributed by atoms with Crippen LogP contribution in [0, 0.1) is 0 Å². The molecule has 0 radical (unpaired) electrons. The van der Waals surface area contributed by atoms with Crippen LogP contribution < -0.4 is 4.90 Å². The molecule has 2 nitrogen and oxygen atoms in total. The summed E-state index contributed by atoms with van der Waals surface area (Å²) >= 11 is 0. The average molecular weight is 203 g/mol. The molecule has 2 atom stereocenters. The number of hydrogen-bond donors (Lipinski definition) is 1. The van der Waals surface area contributed by atoms with Crippen molar-refractivity contribution >= 4 is 5.69 Å². The first-order chi connectivity index (χ1) is 7.27. The van der Waals surface area contributed by atoms with E-state index in [9.17, 15) is 5.11 Å². The van der Waals surface area contributed by atoms with Gasteiger partial charge in [-0.25, -0.2) is 0 Å². The fraction of sp³-hybridized carbons (Fsp3) is 0.538. The first-order valence-electron chi connectivity index (χ1n) is 5.84. The van der Waals surface area contributed by atoms with Gasteiger partial charge in [0.1, 0.15) is 6.23 Å². The second-order valence-corrected chi connectivity index (χ2v) is 4.74. The largest absolute Gasteiger partial charge is 0.374 e. The van der Waals surface area contributed by atoms with Gasteiger partial charge < -0.3 is 10.0 Å². The highest BCUT2D eigenvalue weighted by Gasteiger charge is 2.32. The zero-order valence-corrected chi connectivity index (χ0v) is 9.11. The second kappa shape index (κ2) is 3.24. The van der Waals surface area contributed by atoms with Crippen molar-refractivity contribution in [2.45, 2.75) is 44.9 Å². The Kier molecular flexibility index (Phi) is 1.99. The molecule has 0 aromatic heterocycles. The van der Waals surface area contributed by atoms with Gasteiger partial charge in [0.05, 0.1) is 0 Å². The number of benzene rings is 1. The molecule has 0 saturated heterocycles. The number of aryl methyl sites for hydroxylation is 2. The van der Waals surface area contributed by atoms with Crippen LogP contribution in [0.1, 0.15) is 30.9 Å². The molecular formula is C13H17NO. The third kappa shape index (κ3) is 1.28. The number of hydrogen-bond acceptors (Lipinski definition) is 2. The zero-order valence-electron chi connectivity index (χ0n) is 9.11. The summed E-state index contributed by atoms with van der Waals surface area (Å²) < 4.78 is 0. The molecule has 0 saturated carbocycles. The van der Waals surface area contributed by atoms with Crippen LogP contribution in [-0.2, 0) is 12.8 Å². The van der Waals surface area contributed by atoms with Crippen molar-refractivity contribution in [2.24, 2.45) is 0 Å². The Labute approximate surface area is 90.5 Å². The summed E-state index contributed by atoms with van der Waals surface area (Å²) in [5.41, 5.74) is 4.17. The fourth-order valence-electron chi connectivity index (χ4n) is 2.97. The van der Waals surface area contributed by atoms with Gasteiger partial charge in [0, 0.05) is 11.7 Å². The summed E-state index contributed by atoms with van der Waals surface area (Å²) in [4.78, 5) is 2.22. The Morgan fingerprint density at radius 3 is 2.60 bits per heavy atom. The van der Waals surface area contributed by atoms with Gasteiger partial charge in [-0.3, -0.25) is 0 Å². The van der Waals surface area contributed by atoms with Crippen LogP contribution >= 0.6 is 0 Å². The fourth-order valence-corrected chi connectivity index (χ4v) is 2.97. The quantitative estimate of drug-likeness (QED) is 0.698. The molecule has 0 spiro atoms. The molecule has 1 N–H and O–H groups in total. The number of rotatable bonds is 0. The molecule has 2 heteroatoms. The van der Waals surface area contributed by atoms with E-state index in [-0.39, 0.29) is 6.23 Å². The van der Waals surface area contributed by atoms with Crippen molar-refractivity contribution in [3.8, 4) is 0 Å². The lowest BCUT2D eigenvalue weighted by Gasteiger charge is -2.44. The van der Waals surface area contributed by atoms with Crippen LogP contribution in [0.3, 0.4) is 0 Å². The highest BCUT2D eigenvalue weighted by atomic mass is 16.3. The van der Waals surface area contributed by atoms with Gasteiger partial charge in [-0.15, -0.1) is 0 Å². The van der Waals surface area contributed by atoms with Gasteiger partial charge in [0.2, 0.25) is 0 Å².